The second kappa shape index (κ2) is 6.19. The third kappa shape index (κ3) is 3.26. The highest BCUT2D eigenvalue weighted by atomic mass is 19.1. The zero-order valence-electron chi connectivity index (χ0n) is 11.6. The summed E-state index contributed by atoms with van der Waals surface area (Å²) in [6, 6.07) is 4.26. The van der Waals surface area contributed by atoms with Crippen molar-refractivity contribution in [3.63, 3.8) is 0 Å². The Morgan fingerprint density at radius 1 is 1.60 bits per heavy atom. The average molecular weight is 282 g/mol. The summed E-state index contributed by atoms with van der Waals surface area (Å²) in [6.07, 6.45) is -0.0593. The van der Waals surface area contributed by atoms with E-state index in [-0.39, 0.29) is 17.7 Å². The van der Waals surface area contributed by atoms with Crippen molar-refractivity contribution in [2.45, 2.75) is 25.1 Å². The molecule has 1 aliphatic heterocycles. The van der Waals surface area contributed by atoms with Gasteiger partial charge in [0, 0.05) is 20.1 Å². The SMILES string of the molecule is COc1ccc(CN(C)C(=O)[C@@H]2C[C@@H](O)CN2)cc1F. The fraction of sp³-hybridized carbons (Fsp3) is 0.500. The molecule has 0 radical (unpaired) electrons. The molecule has 2 N–H and O–H groups in total. The molecule has 20 heavy (non-hydrogen) atoms. The third-order valence-electron chi connectivity index (χ3n) is 3.42. The summed E-state index contributed by atoms with van der Waals surface area (Å²) in [7, 11) is 3.07. The van der Waals surface area contributed by atoms with Crippen LogP contribution in [0.15, 0.2) is 18.2 Å². The number of nitrogens with zero attached hydrogens (tertiary/aromatic N) is 1. The van der Waals surface area contributed by atoms with Crippen LogP contribution in [-0.2, 0) is 11.3 Å². The Hall–Kier alpha value is -1.66. The number of nitrogens with one attached hydrogen (secondary N) is 1. The van der Waals surface area contributed by atoms with E-state index in [0.717, 1.165) is 0 Å². The number of amides is 1. The molecule has 1 saturated heterocycles. The Labute approximate surface area is 117 Å². The number of benzene rings is 1. The number of likely N-dealkylation sites (N-methyl/N-ethyl adjacent to an activating group) is 1. The Bertz CT molecular complexity index is 495. The van der Waals surface area contributed by atoms with E-state index >= 15 is 0 Å². The second-order valence-electron chi connectivity index (χ2n) is 5.01. The molecule has 1 heterocycles. The van der Waals surface area contributed by atoms with Gasteiger partial charge >= 0.3 is 0 Å². The highest BCUT2D eigenvalue weighted by molar-refractivity contribution is 5.82. The van der Waals surface area contributed by atoms with E-state index in [1.807, 2.05) is 0 Å². The van der Waals surface area contributed by atoms with Crippen LogP contribution in [0.3, 0.4) is 0 Å². The van der Waals surface area contributed by atoms with Crippen LogP contribution < -0.4 is 10.1 Å². The predicted molar refractivity (Wildman–Crippen MR) is 71.8 cm³/mol. The van der Waals surface area contributed by atoms with Gasteiger partial charge in [-0.05, 0) is 24.1 Å². The molecule has 1 aromatic carbocycles. The Morgan fingerprint density at radius 3 is 2.90 bits per heavy atom. The van der Waals surface area contributed by atoms with Gasteiger partial charge < -0.3 is 20.1 Å². The number of hydrogen-bond donors (Lipinski definition) is 2. The number of methoxy groups -OCH3 is 1. The Kier molecular flexibility index (Phi) is 4.57. The van der Waals surface area contributed by atoms with Crippen LogP contribution in [0.4, 0.5) is 4.39 Å². The van der Waals surface area contributed by atoms with Crippen molar-refractivity contribution in [1.82, 2.24) is 10.2 Å². The maximum Gasteiger partial charge on any atom is 0.239 e. The number of rotatable bonds is 4. The van der Waals surface area contributed by atoms with Crippen molar-refractivity contribution in [3.8, 4) is 5.75 Å². The molecule has 0 saturated carbocycles. The summed E-state index contributed by atoms with van der Waals surface area (Å²) in [6.45, 7) is 0.745. The summed E-state index contributed by atoms with van der Waals surface area (Å²) in [5.41, 5.74) is 0.692. The van der Waals surface area contributed by atoms with Gasteiger partial charge in [-0.1, -0.05) is 6.07 Å². The highest BCUT2D eigenvalue weighted by Crippen LogP contribution is 2.19. The van der Waals surface area contributed by atoms with Crippen LogP contribution in [0.1, 0.15) is 12.0 Å². The lowest BCUT2D eigenvalue weighted by molar-refractivity contribution is -0.132. The third-order valence-corrected chi connectivity index (χ3v) is 3.42. The quantitative estimate of drug-likeness (QED) is 0.845. The molecule has 0 bridgehead atoms. The van der Waals surface area contributed by atoms with E-state index in [0.29, 0.717) is 25.1 Å². The fourth-order valence-corrected chi connectivity index (χ4v) is 2.33. The Morgan fingerprint density at radius 2 is 2.35 bits per heavy atom. The van der Waals surface area contributed by atoms with E-state index < -0.39 is 11.9 Å². The van der Waals surface area contributed by atoms with E-state index in [9.17, 15) is 14.3 Å². The molecule has 2 atom stereocenters. The lowest BCUT2D eigenvalue weighted by atomic mass is 10.1. The van der Waals surface area contributed by atoms with Gasteiger partial charge in [0.15, 0.2) is 11.6 Å². The van der Waals surface area contributed by atoms with Gasteiger partial charge in [-0.15, -0.1) is 0 Å². The van der Waals surface area contributed by atoms with Crippen molar-refractivity contribution >= 4 is 5.91 Å². The molecule has 110 valence electrons. The number of aliphatic hydroxyl groups excluding tert-OH is 1. The van der Waals surface area contributed by atoms with Gasteiger partial charge in [-0.3, -0.25) is 4.79 Å². The minimum Gasteiger partial charge on any atom is -0.494 e. The van der Waals surface area contributed by atoms with Crippen LogP contribution in [0.25, 0.3) is 0 Å². The van der Waals surface area contributed by atoms with E-state index in [4.69, 9.17) is 4.74 Å². The summed E-state index contributed by atoms with van der Waals surface area (Å²) in [5.74, 6) is -0.360. The van der Waals surface area contributed by atoms with Gasteiger partial charge in [0.25, 0.3) is 0 Å². The minimum atomic E-state index is -0.476. The summed E-state index contributed by atoms with van der Waals surface area (Å²) < 4.78 is 18.4. The van der Waals surface area contributed by atoms with Gasteiger partial charge in [0.1, 0.15) is 0 Å². The van der Waals surface area contributed by atoms with Crippen molar-refractivity contribution in [1.29, 1.82) is 0 Å². The molecule has 2 rings (SSSR count). The molecule has 5 nitrogen and oxygen atoms in total. The van der Waals surface area contributed by atoms with E-state index in [1.165, 1.54) is 18.1 Å². The van der Waals surface area contributed by atoms with Crippen LogP contribution >= 0.6 is 0 Å². The first-order valence-corrected chi connectivity index (χ1v) is 6.50. The van der Waals surface area contributed by atoms with Gasteiger partial charge in [-0.25, -0.2) is 4.39 Å². The number of ether oxygens (including phenoxy) is 1. The lowest BCUT2D eigenvalue weighted by Gasteiger charge is -2.21. The standard InChI is InChI=1S/C14H19FN2O3/c1-17(14(19)12-6-10(18)7-16-12)8-9-3-4-13(20-2)11(15)5-9/h3-5,10,12,16,18H,6-8H2,1-2H3/t10-,12+/m1/s1. The zero-order valence-corrected chi connectivity index (χ0v) is 11.6. The molecule has 6 heteroatoms. The normalized spacial score (nSPS) is 21.8. The molecule has 1 aromatic rings. The molecule has 1 fully saturated rings. The Balaban J connectivity index is 1.98. The smallest absolute Gasteiger partial charge is 0.239 e. The van der Waals surface area contributed by atoms with Gasteiger partial charge in [-0.2, -0.15) is 0 Å². The molecular weight excluding hydrogens is 263 g/mol. The molecule has 1 aliphatic rings. The van der Waals surface area contributed by atoms with Crippen molar-refractivity contribution < 1.29 is 19.0 Å². The van der Waals surface area contributed by atoms with Crippen LogP contribution in [0.5, 0.6) is 5.75 Å². The van der Waals surface area contributed by atoms with Crippen LogP contribution in [0, 0.1) is 5.82 Å². The first-order valence-electron chi connectivity index (χ1n) is 6.50. The molecule has 0 aliphatic carbocycles. The lowest BCUT2D eigenvalue weighted by Crippen LogP contribution is -2.41. The molecular formula is C14H19FN2O3. The maximum absolute atomic E-state index is 13.6. The molecule has 1 amide bonds. The first-order chi connectivity index (χ1) is 9.51. The number of β-amino-alcohol motifs (C(OH)–C–C–N with tert-alkyl or cyclic N) is 1. The number of aliphatic hydroxyl groups is 1. The average Bonchev–Trinajstić information content (AvgIpc) is 2.84. The van der Waals surface area contributed by atoms with Crippen LogP contribution in [0.2, 0.25) is 0 Å². The van der Waals surface area contributed by atoms with E-state index in [1.54, 1.807) is 19.2 Å². The first kappa shape index (κ1) is 14.7. The highest BCUT2D eigenvalue weighted by Gasteiger charge is 2.30. The topological polar surface area (TPSA) is 61.8 Å². The van der Waals surface area contributed by atoms with Crippen molar-refractivity contribution in [2.24, 2.45) is 0 Å². The van der Waals surface area contributed by atoms with Crippen LogP contribution in [-0.4, -0.2) is 48.8 Å². The predicted octanol–water partition coefficient (Wildman–Crippen LogP) is 0.516. The van der Waals surface area contributed by atoms with Crippen molar-refractivity contribution in [3.05, 3.63) is 29.6 Å². The van der Waals surface area contributed by atoms with Gasteiger partial charge in [0.2, 0.25) is 5.91 Å². The summed E-state index contributed by atoms with van der Waals surface area (Å²) >= 11 is 0. The number of carbonyl (C=O) groups excluding carboxylic acids is 1. The maximum atomic E-state index is 13.6. The van der Waals surface area contributed by atoms with Gasteiger partial charge in [0.05, 0.1) is 19.3 Å². The summed E-state index contributed by atoms with van der Waals surface area (Å²) in [5, 5.41) is 12.4. The zero-order chi connectivity index (χ0) is 14.7. The fourth-order valence-electron chi connectivity index (χ4n) is 2.33. The number of hydrogen-bond acceptors (Lipinski definition) is 4. The molecule has 0 aromatic heterocycles. The monoisotopic (exact) mass is 282 g/mol. The minimum absolute atomic E-state index is 0.0993. The largest absolute Gasteiger partial charge is 0.494 e. The molecule has 0 spiro atoms. The van der Waals surface area contributed by atoms with Crippen molar-refractivity contribution in [2.75, 3.05) is 20.7 Å². The molecule has 0 unspecified atom stereocenters. The summed E-state index contributed by atoms with van der Waals surface area (Å²) in [4.78, 5) is 13.7. The van der Waals surface area contributed by atoms with E-state index in [2.05, 4.69) is 5.32 Å². The second-order valence-corrected chi connectivity index (χ2v) is 5.01. The number of carbonyl (C=O) groups is 1. The number of halogens is 1.